The predicted octanol–water partition coefficient (Wildman–Crippen LogP) is 2.10. The molecule has 0 saturated heterocycles. The number of nitrogen functional groups attached to an aromatic ring is 1. The molecular weight excluding hydrogens is 299 g/mol. The zero-order chi connectivity index (χ0) is 13.3. The molecule has 2 aromatic rings. The summed E-state index contributed by atoms with van der Waals surface area (Å²) in [5, 5.41) is 5.95. The first-order valence-corrected chi connectivity index (χ1v) is 6.91. The first-order chi connectivity index (χ1) is 8.42. The van der Waals surface area contributed by atoms with Gasteiger partial charge in [0.05, 0.1) is 21.9 Å². The molecule has 4 N–H and O–H groups in total. The van der Waals surface area contributed by atoms with Crippen molar-refractivity contribution in [2.24, 2.45) is 0 Å². The number of hydrogen-bond donors (Lipinski definition) is 3. The summed E-state index contributed by atoms with van der Waals surface area (Å²) in [5.41, 5.74) is 5.69. The molecule has 0 bridgehead atoms. The fourth-order valence-electron chi connectivity index (χ4n) is 1.30. The molecule has 0 aliphatic rings. The van der Waals surface area contributed by atoms with Crippen LogP contribution in [-0.2, 0) is 10.0 Å². The first kappa shape index (κ1) is 13.0. The second-order valence-corrected chi connectivity index (χ2v) is 5.76. The molecule has 96 valence electrons. The molecule has 6 nitrogen and oxygen atoms in total. The minimum atomic E-state index is -3.93. The maximum atomic E-state index is 12.1. The number of nitrogens with one attached hydrogen (secondary N) is 2. The summed E-state index contributed by atoms with van der Waals surface area (Å²) in [7, 11) is -3.93. The maximum absolute atomic E-state index is 12.1. The summed E-state index contributed by atoms with van der Waals surface area (Å²) in [5.74, 6) is 0.199. The molecule has 0 saturated carbocycles. The van der Waals surface area contributed by atoms with Crippen molar-refractivity contribution in [3.8, 4) is 0 Å². The Kier molecular flexibility index (Phi) is 3.38. The van der Waals surface area contributed by atoms with Gasteiger partial charge in [0.1, 0.15) is 10.7 Å². The van der Waals surface area contributed by atoms with Gasteiger partial charge in [0, 0.05) is 6.07 Å². The largest absolute Gasteiger partial charge is 0.397 e. The average molecular weight is 307 g/mol. The van der Waals surface area contributed by atoms with Crippen molar-refractivity contribution >= 4 is 44.7 Å². The first-order valence-electron chi connectivity index (χ1n) is 4.67. The Bertz CT molecular complexity index is 670. The zero-order valence-corrected chi connectivity index (χ0v) is 11.1. The number of hydrogen-bond acceptors (Lipinski definition) is 4. The van der Waals surface area contributed by atoms with Gasteiger partial charge in [-0.2, -0.15) is 5.10 Å². The standard InChI is InChI=1S/C9H8Cl2N4O2S/c10-5-1-2-6(12)8(11)9(5)18(16,17)15-7-3-4-13-14-7/h1-4H,12H2,(H2,13,14,15). The van der Waals surface area contributed by atoms with E-state index in [1.54, 1.807) is 0 Å². The summed E-state index contributed by atoms with van der Waals surface area (Å²) in [4.78, 5) is -0.263. The summed E-state index contributed by atoms with van der Waals surface area (Å²) in [6.45, 7) is 0. The van der Waals surface area contributed by atoms with Crippen molar-refractivity contribution in [2.75, 3.05) is 10.5 Å². The molecule has 0 aliphatic carbocycles. The number of benzene rings is 1. The fourth-order valence-corrected chi connectivity index (χ4v) is 3.47. The molecule has 0 fully saturated rings. The fraction of sp³-hybridized carbons (Fsp3) is 0. The van der Waals surface area contributed by atoms with E-state index in [1.165, 1.54) is 24.4 Å². The van der Waals surface area contributed by atoms with Gasteiger partial charge in [-0.1, -0.05) is 23.2 Å². The molecule has 0 spiro atoms. The van der Waals surface area contributed by atoms with E-state index in [4.69, 9.17) is 28.9 Å². The lowest BCUT2D eigenvalue weighted by atomic mass is 10.3. The average Bonchev–Trinajstić information content (AvgIpc) is 2.75. The highest BCUT2D eigenvalue weighted by Gasteiger charge is 2.23. The predicted molar refractivity (Wildman–Crippen MR) is 70.3 cm³/mol. The van der Waals surface area contributed by atoms with Crippen molar-refractivity contribution in [1.29, 1.82) is 0 Å². The summed E-state index contributed by atoms with van der Waals surface area (Å²) in [6.07, 6.45) is 1.40. The number of halogens is 2. The molecule has 9 heteroatoms. The Balaban J connectivity index is 2.51. The number of nitrogens with two attached hydrogens (primary N) is 1. The number of anilines is 2. The lowest BCUT2D eigenvalue weighted by Crippen LogP contribution is -2.15. The monoisotopic (exact) mass is 306 g/mol. The molecular formula is C9H8Cl2N4O2S. The van der Waals surface area contributed by atoms with Gasteiger partial charge in [-0.25, -0.2) is 8.42 Å². The van der Waals surface area contributed by atoms with Gasteiger partial charge in [-0.3, -0.25) is 9.82 Å². The van der Waals surface area contributed by atoms with Gasteiger partial charge in [0.15, 0.2) is 0 Å². The van der Waals surface area contributed by atoms with Crippen LogP contribution in [0.3, 0.4) is 0 Å². The van der Waals surface area contributed by atoms with Gasteiger partial charge >= 0.3 is 0 Å². The second kappa shape index (κ2) is 4.68. The summed E-state index contributed by atoms with van der Waals surface area (Å²) < 4.78 is 26.5. The van der Waals surface area contributed by atoms with Crippen molar-refractivity contribution < 1.29 is 8.42 Å². The van der Waals surface area contributed by atoms with Crippen LogP contribution in [-0.4, -0.2) is 18.6 Å². The maximum Gasteiger partial charge on any atom is 0.266 e. The third-order valence-electron chi connectivity index (χ3n) is 2.09. The number of sulfonamides is 1. The minimum absolute atomic E-state index is 0.0128. The SMILES string of the molecule is Nc1ccc(Cl)c(S(=O)(=O)Nc2ccn[nH]2)c1Cl. The van der Waals surface area contributed by atoms with E-state index in [0.717, 1.165) is 0 Å². The van der Waals surface area contributed by atoms with E-state index < -0.39 is 10.0 Å². The van der Waals surface area contributed by atoms with Gasteiger partial charge in [-0.15, -0.1) is 0 Å². The topological polar surface area (TPSA) is 101 Å². The highest BCUT2D eigenvalue weighted by molar-refractivity contribution is 7.93. The van der Waals surface area contributed by atoms with Crippen molar-refractivity contribution in [3.63, 3.8) is 0 Å². The number of H-pyrrole nitrogens is 1. The lowest BCUT2D eigenvalue weighted by molar-refractivity contribution is 0.601. The van der Waals surface area contributed by atoms with E-state index in [2.05, 4.69) is 14.9 Å². The normalized spacial score (nSPS) is 11.4. The quantitative estimate of drug-likeness (QED) is 0.756. The van der Waals surface area contributed by atoms with Gasteiger partial charge in [0.25, 0.3) is 10.0 Å². The highest BCUT2D eigenvalue weighted by Crippen LogP contribution is 2.34. The minimum Gasteiger partial charge on any atom is -0.397 e. The van der Waals surface area contributed by atoms with E-state index in [-0.39, 0.29) is 26.4 Å². The number of aromatic amines is 1. The molecule has 2 rings (SSSR count). The Morgan fingerprint density at radius 1 is 1.28 bits per heavy atom. The van der Waals surface area contributed by atoms with E-state index in [1.807, 2.05) is 0 Å². The molecule has 18 heavy (non-hydrogen) atoms. The zero-order valence-electron chi connectivity index (χ0n) is 8.81. The Hall–Kier alpha value is -1.44. The Morgan fingerprint density at radius 3 is 2.61 bits per heavy atom. The van der Waals surface area contributed by atoms with Crippen LogP contribution < -0.4 is 10.5 Å². The van der Waals surface area contributed by atoms with E-state index >= 15 is 0 Å². The van der Waals surface area contributed by atoms with Crippen LogP contribution in [0.15, 0.2) is 29.3 Å². The van der Waals surface area contributed by atoms with Gasteiger partial charge in [0.2, 0.25) is 0 Å². The molecule has 0 unspecified atom stereocenters. The van der Waals surface area contributed by atoms with Gasteiger partial charge in [-0.05, 0) is 12.1 Å². The molecule has 0 radical (unpaired) electrons. The molecule has 1 aromatic carbocycles. The van der Waals surface area contributed by atoms with Crippen LogP contribution in [0.2, 0.25) is 10.0 Å². The molecule has 1 aromatic heterocycles. The van der Waals surface area contributed by atoms with Crippen molar-refractivity contribution in [3.05, 3.63) is 34.4 Å². The molecule has 0 atom stereocenters. The Morgan fingerprint density at radius 2 is 2.00 bits per heavy atom. The van der Waals surface area contributed by atoms with Crippen LogP contribution in [0, 0.1) is 0 Å². The Labute approximate surface area is 113 Å². The van der Waals surface area contributed by atoms with Crippen LogP contribution in [0.5, 0.6) is 0 Å². The molecule has 0 aliphatic heterocycles. The van der Waals surface area contributed by atoms with Crippen molar-refractivity contribution in [1.82, 2.24) is 10.2 Å². The smallest absolute Gasteiger partial charge is 0.266 e. The summed E-state index contributed by atoms with van der Waals surface area (Å²) >= 11 is 11.7. The van der Waals surface area contributed by atoms with E-state index in [0.29, 0.717) is 0 Å². The van der Waals surface area contributed by atoms with Crippen LogP contribution in [0.25, 0.3) is 0 Å². The number of nitrogens with zero attached hydrogens (tertiary/aromatic N) is 1. The van der Waals surface area contributed by atoms with E-state index in [9.17, 15) is 8.42 Å². The summed E-state index contributed by atoms with van der Waals surface area (Å²) in [6, 6.07) is 4.25. The third kappa shape index (κ3) is 2.38. The highest BCUT2D eigenvalue weighted by atomic mass is 35.5. The van der Waals surface area contributed by atoms with Crippen LogP contribution in [0.1, 0.15) is 0 Å². The lowest BCUT2D eigenvalue weighted by Gasteiger charge is -2.10. The second-order valence-electron chi connectivity index (χ2n) is 3.36. The van der Waals surface area contributed by atoms with Crippen LogP contribution in [0.4, 0.5) is 11.5 Å². The third-order valence-corrected chi connectivity index (χ3v) is 4.49. The van der Waals surface area contributed by atoms with Gasteiger partial charge < -0.3 is 5.73 Å². The molecule has 1 heterocycles. The van der Waals surface area contributed by atoms with Crippen LogP contribution >= 0.6 is 23.2 Å². The van der Waals surface area contributed by atoms with Crippen molar-refractivity contribution in [2.45, 2.75) is 4.90 Å². The number of rotatable bonds is 3. The molecule has 0 amide bonds. The number of aromatic nitrogens is 2.